The molecule has 3 aliphatic heterocycles. The lowest BCUT2D eigenvalue weighted by Gasteiger charge is -2.39. The van der Waals surface area contributed by atoms with Gasteiger partial charge in [0.15, 0.2) is 0 Å². The van der Waals surface area contributed by atoms with Crippen molar-refractivity contribution in [2.24, 2.45) is 11.8 Å². The molecule has 3 amide bonds. The zero-order valence-electron chi connectivity index (χ0n) is 32.0. The molecule has 3 aromatic rings. The molecule has 11 nitrogen and oxygen atoms in total. The predicted molar refractivity (Wildman–Crippen MR) is 219 cm³/mol. The number of aliphatic hydroxyl groups is 1. The Hall–Kier alpha value is -4.78. The van der Waals surface area contributed by atoms with Gasteiger partial charge < -0.3 is 34.6 Å². The summed E-state index contributed by atoms with van der Waals surface area (Å²) in [7, 11) is 0. The summed E-state index contributed by atoms with van der Waals surface area (Å²) < 4.78 is 12.4. The molecule has 56 heavy (non-hydrogen) atoms. The number of anilines is 2. The van der Waals surface area contributed by atoms with Crippen LogP contribution in [0.1, 0.15) is 56.3 Å². The summed E-state index contributed by atoms with van der Waals surface area (Å²) in [5.74, 6) is -3.78. The second-order valence-electron chi connectivity index (χ2n) is 14.4. The normalized spacial score (nSPS) is 24.5. The van der Waals surface area contributed by atoms with E-state index in [2.05, 4.69) is 53.2 Å². The lowest BCUT2D eigenvalue weighted by atomic mass is 9.70. The molecule has 3 aliphatic rings. The largest absolute Gasteiger partial charge is 0.463 e. The maximum atomic E-state index is 15.3. The number of carbonyl (C=O) groups excluding carboxylic acids is 4. The molecule has 0 radical (unpaired) electrons. The second kappa shape index (κ2) is 18.0. The Bertz CT molecular complexity index is 1870. The first kappa shape index (κ1) is 40.9. The first-order valence-electron chi connectivity index (χ1n) is 19.3. The van der Waals surface area contributed by atoms with Crippen molar-refractivity contribution in [2.45, 2.75) is 67.8 Å². The molecule has 12 heteroatoms. The van der Waals surface area contributed by atoms with E-state index in [1.54, 1.807) is 17.1 Å². The van der Waals surface area contributed by atoms with Crippen LogP contribution in [-0.2, 0) is 28.7 Å². The molecule has 3 aromatic carbocycles. The van der Waals surface area contributed by atoms with E-state index < -0.39 is 72.0 Å². The highest BCUT2D eigenvalue weighted by atomic mass is 79.9. The number of likely N-dealkylation sites (tertiary alicyclic amines) is 1. The van der Waals surface area contributed by atoms with E-state index in [0.29, 0.717) is 17.7 Å². The van der Waals surface area contributed by atoms with Crippen molar-refractivity contribution in [1.82, 2.24) is 10.2 Å². The van der Waals surface area contributed by atoms with Gasteiger partial charge in [-0.25, -0.2) is 0 Å². The standard InChI is InChI=1S/C44H51BrN4O7/c1-5-9-20-36(51)55-28-34(29-16-12-10-13-17-29)46-41(52)37-38-42(53)49(35(27-50)30-18-14-11-15-19-30)40(44(38)26-33(45)39(37)56-44)43(54)48(25-6-2)32-23-21-31(22-24-32)47(7-3)8-4/h5-6,10-19,21-24,33-35,37-40,50H,1-2,7-9,20,25-28H2,3-4H3,(H,46,52)/t33?,34-,35-,37+,38-,39+,40+,44-/m1/s1. The number of amides is 3. The van der Waals surface area contributed by atoms with Gasteiger partial charge in [-0.05, 0) is 62.1 Å². The fraction of sp³-hybridized carbons (Fsp3) is 0.409. The fourth-order valence-electron chi connectivity index (χ4n) is 8.69. The van der Waals surface area contributed by atoms with Crippen molar-refractivity contribution in [3.63, 3.8) is 0 Å². The molecule has 0 aromatic heterocycles. The van der Waals surface area contributed by atoms with Crippen LogP contribution in [0.15, 0.2) is 110 Å². The summed E-state index contributed by atoms with van der Waals surface area (Å²) in [5, 5.41) is 14.1. The van der Waals surface area contributed by atoms with Crippen LogP contribution in [0.25, 0.3) is 0 Å². The van der Waals surface area contributed by atoms with Crippen LogP contribution in [-0.4, -0.2) is 89.1 Å². The third-order valence-electron chi connectivity index (χ3n) is 11.3. The van der Waals surface area contributed by atoms with E-state index >= 15 is 9.59 Å². The number of nitrogens with zero attached hydrogens (tertiary/aromatic N) is 3. The Balaban J connectivity index is 1.39. The van der Waals surface area contributed by atoms with Crippen LogP contribution in [0.5, 0.6) is 0 Å². The SMILES string of the molecule is C=CCCC(=O)OC[C@@H](NC(=O)[C@@H]1[C@H]2O[C@@]3(CC2Br)[C@H](C(=O)N(CC=C)c2ccc(N(CC)CC)cc2)N([C@H](CO)c2ccccc2)C(=O)[C@@H]13)c1ccccc1. The summed E-state index contributed by atoms with van der Waals surface area (Å²) in [6, 6.07) is 23.2. The number of nitrogens with one attached hydrogen (secondary N) is 1. The van der Waals surface area contributed by atoms with E-state index in [1.807, 2.05) is 84.9 Å². The predicted octanol–water partition coefficient (Wildman–Crippen LogP) is 5.90. The third kappa shape index (κ3) is 7.79. The van der Waals surface area contributed by atoms with E-state index in [9.17, 15) is 14.7 Å². The number of alkyl halides is 1. The van der Waals surface area contributed by atoms with E-state index in [-0.39, 0.29) is 30.8 Å². The van der Waals surface area contributed by atoms with Crippen molar-refractivity contribution >= 4 is 51.0 Å². The van der Waals surface area contributed by atoms with Crippen LogP contribution >= 0.6 is 15.9 Å². The quantitative estimate of drug-likeness (QED) is 0.0923. The maximum absolute atomic E-state index is 15.3. The van der Waals surface area contributed by atoms with Crippen molar-refractivity contribution in [1.29, 1.82) is 0 Å². The lowest BCUT2D eigenvalue weighted by molar-refractivity contribution is -0.146. The molecule has 8 atom stereocenters. The Morgan fingerprint density at radius 3 is 2.20 bits per heavy atom. The van der Waals surface area contributed by atoms with E-state index in [4.69, 9.17) is 9.47 Å². The molecule has 1 spiro atoms. The van der Waals surface area contributed by atoms with Gasteiger partial charge in [0.25, 0.3) is 5.91 Å². The minimum Gasteiger partial charge on any atom is -0.463 e. The molecular weight excluding hydrogens is 776 g/mol. The highest BCUT2D eigenvalue weighted by molar-refractivity contribution is 9.09. The minimum absolute atomic E-state index is 0.122. The summed E-state index contributed by atoms with van der Waals surface area (Å²) in [6.07, 6.45) is 3.43. The number of fused-ring (bicyclic) bond motifs is 1. The molecule has 6 rings (SSSR count). The maximum Gasteiger partial charge on any atom is 0.306 e. The van der Waals surface area contributed by atoms with Crippen LogP contribution < -0.4 is 15.1 Å². The third-order valence-corrected chi connectivity index (χ3v) is 12.2. The van der Waals surface area contributed by atoms with Crippen molar-refractivity contribution in [3.8, 4) is 0 Å². The van der Waals surface area contributed by atoms with Gasteiger partial charge in [-0.2, -0.15) is 0 Å². The van der Waals surface area contributed by atoms with Gasteiger partial charge in [0.2, 0.25) is 11.8 Å². The van der Waals surface area contributed by atoms with Crippen LogP contribution in [0.2, 0.25) is 0 Å². The number of carbonyl (C=O) groups is 4. The van der Waals surface area contributed by atoms with Gasteiger partial charge in [0, 0.05) is 42.3 Å². The molecule has 3 heterocycles. The number of allylic oxidation sites excluding steroid dienone is 1. The molecule has 2 bridgehead atoms. The van der Waals surface area contributed by atoms with Gasteiger partial charge >= 0.3 is 5.97 Å². The first-order chi connectivity index (χ1) is 27.1. The number of ether oxygens (including phenoxy) is 2. The molecule has 3 fully saturated rings. The molecule has 0 saturated carbocycles. The number of esters is 1. The number of hydrogen-bond donors (Lipinski definition) is 2. The van der Waals surface area contributed by atoms with Crippen molar-refractivity contribution in [3.05, 3.63) is 121 Å². The van der Waals surface area contributed by atoms with Crippen molar-refractivity contribution in [2.75, 3.05) is 42.6 Å². The molecule has 0 aliphatic carbocycles. The first-order valence-corrected chi connectivity index (χ1v) is 20.2. The molecule has 3 saturated heterocycles. The smallest absolute Gasteiger partial charge is 0.306 e. The van der Waals surface area contributed by atoms with Gasteiger partial charge in [0.05, 0.1) is 36.6 Å². The molecule has 1 unspecified atom stereocenters. The van der Waals surface area contributed by atoms with Gasteiger partial charge in [0.1, 0.15) is 18.2 Å². The number of aliphatic hydroxyl groups excluding tert-OH is 1. The lowest BCUT2D eigenvalue weighted by Crippen LogP contribution is -2.57. The summed E-state index contributed by atoms with van der Waals surface area (Å²) in [5.41, 5.74) is 1.58. The van der Waals surface area contributed by atoms with Crippen LogP contribution in [0.4, 0.5) is 11.4 Å². The monoisotopic (exact) mass is 826 g/mol. The van der Waals surface area contributed by atoms with Crippen LogP contribution in [0, 0.1) is 11.8 Å². The average Bonchev–Trinajstić information content (AvgIpc) is 3.82. The topological polar surface area (TPSA) is 129 Å². The van der Waals surface area contributed by atoms with Gasteiger partial charge in [-0.15, -0.1) is 13.2 Å². The highest BCUT2D eigenvalue weighted by Crippen LogP contribution is 2.61. The van der Waals surface area contributed by atoms with Gasteiger partial charge in [-0.3, -0.25) is 19.2 Å². The van der Waals surface area contributed by atoms with Crippen molar-refractivity contribution < 1.29 is 33.8 Å². The van der Waals surface area contributed by atoms with Gasteiger partial charge in [-0.1, -0.05) is 88.7 Å². The zero-order chi connectivity index (χ0) is 40.0. The molecule has 296 valence electrons. The summed E-state index contributed by atoms with van der Waals surface area (Å²) in [6.45, 7) is 13.0. The second-order valence-corrected chi connectivity index (χ2v) is 15.6. The Morgan fingerprint density at radius 1 is 0.982 bits per heavy atom. The van der Waals surface area contributed by atoms with E-state index in [1.165, 1.54) is 4.90 Å². The molecular formula is C44H51BrN4O7. The van der Waals surface area contributed by atoms with E-state index in [0.717, 1.165) is 24.3 Å². The number of rotatable bonds is 18. The minimum atomic E-state index is -1.41. The number of benzene rings is 3. The number of halogens is 1. The molecule has 2 N–H and O–H groups in total. The Labute approximate surface area is 337 Å². The highest BCUT2D eigenvalue weighted by Gasteiger charge is 2.77. The fourth-order valence-corrected chi connectivity index (χ4v) is 9.63. The average molecular weight is 828 g/mol. The van der Waals surface area contributed by atoms with Crippen LogP contribution in [0.3, 0.4) is 0 Å². The summed E-state index contributed by atoms with van der Waals surface area (Å²) in [4.78, 5) is 62.5. The Kier molecular flexibility index (Phi) is 13.1. The summed E-state index contributed by atoms with van der Waals surface area (Å²) >= 11 is 3.78. The zero-order valence-corrected chi connectivity index (χ0v) is 33.6. The number of hydrogen-bond acceptors (Lipinski definition) is 8. The Morgan fingerprint density at radius 2 is 1.61 bits per heavy atom.